The number of thioether (sulfide) groups is 1. The Hall–Kier alpha value is -2.91. The van der Waals surface area contributed by atoms with Gasteiger partial charge in [-0.25, -0.2) is 4.79 Å². The SMILES string of the molecule is CSCCC(N)C(=O)NC(CO)C(=O)NC(CCC(=O)O)C(=O)NC(CCC(=O)O)C(=O)O. The number of nitrogens with two attached hydrogens (primary N) is 1. The molecule has 0 rings (SSSR count). The van der Waals surface area contributed by atoms with Crippen molar-refractivity contribution in [3.8, 4) is 0 Å². The van der Waals surface area contributed by atoms with Crippen molar-refractivity contribution in [2.45, 2.75) is 56.3 Å². The minimum absolute atomic E-state index is 0.309. The highest BCUT2D eigenvalue weighted by atomic mass is 32.2. The van der Waals surface area contributed by atoms with Crippen molar-refractivity contribution in [3.63, 3.8) is 0 Å². The summed E-state index contributed by atoms with van der Waals surface area (Å²) < 4.78 is 0. The number of carbonyl (C=O) groups is 6. The summed E-state index contributed by atoms with van der Waals surface area (Å²) >= 11 is 1.45. The number of amides is 3. The van der Waals surface area contributed by atoms with Crippen LogP contribution in [0.3, 0.4) is 0 Å². The average Bonchev–Trinajstić information content (AvgIpc) is 2.74. The Labute approximate surface area is 193 Å². The number of aliphatic carboxylic acids is 3. The normalized spacial score (nSPS) is 14.3. The van der Waals surface area contributed by atoms with E-state index in [1.165, 1.54) is 11.8 Å². The second-order valence-electron chi connectivity index (χ2n) is 6.96. The molecule has 14 nitrogen and oxygen atoms in total. The maximum Gasteiger partial charge on any atom is 0.326 e. The predicted molar refractivity (Wildman–Crippen MR) is 115 cm³/mol. The number of aliphatic hydroxyl groups is 1. The Morgan fingerprint density at radius 3 is 1.67 bits per heavy atom. The van der Waals surface area contributed by atoms with E-state index in [1.807, 2.05) is 6.26 Å². The van der Waals surface area contributed by atoms with Crippen molar-refractivity contribution < 1.29 is 49.2 Å². The van der Waals surface area contributed by atoms with E-state index in [1.54, 1.807) is 0 Å². The summed E-state index contributed by atoms with van der Waals surface area (Å²) in [5, 5.41) is 42.7. The molecule has 0 fully saturated rings. The first-order valence-electron chi connectivity index (χ1n) is 9.85. The fourth-order valence-electron chi connectivity index (χ4n) is 2.46. The zero-order valence-corrected chi connectivity index (χ0v) is 18.8. The summed E-state index contributed by atoms with van der Waals surface area (Å²) in [5.74, 6) is -6.34. The molecular formula is C18H30N4O10S. The Balaban J connectivity index is 5.30. The van der Waals surface area contributed by atoms with Gasteiger partial charge in [0.05, 0.1) is 12.6 Å². The van der Waals surface area contributed by atoms with Crippen molar-refractivity contribution in [1.29, 1.82) is 0 Å². The van der Waals surface area contributed by atoms with Gasteiger partial charge in [0.2, 0.25) is 17.7 Å². The Bertz CT molecular complexity index is 720. The molecule has 4 atom stereocenters. The molecule has 4 unspecified atom stereocenters. The van der Waals surface area contributed by atoms with Crippen LogP contribution in [-0.2, 0) is 28.8 Å². The van der Waals surface area contributed by atoms with E-state index in [2.05, 4.69) is 16.0 Å². The van der Waals surface area contributed by atoms with Crippen molar-refractivity contribution in [2.24, 2.45) is 5.73 Å². The molecule has 0 aliphatic rings. The van der Waals surface area contributed by atoms with Gasteiger partial charge in [-0.2, -0.15) is 11.8 Å². The predicted octanol–water partition coefficient (Wildman–Crippen LogP) is -2.67. The maximum absolute atomic E-state index is 12.5. The lowest BCUT2D eigenvalue weighted by atomic mass is 10.1. The van der Waals surface area contributed by atoms with Gasteiger partial charge in [0.15, 0.2) is 0 Å². The molecule has 0 saturated carbocycles. The van der Waals surface area contributed by atoms with Crippen LogP contribution in [0.2, 0.25) is 0 Å². The Morgan fingerprint density at radius 1 is 0.758 bits per heavy atom. The van der Waals surface area contributed by atoms with E-state index in [-0.39, 0.29) is 0 Å². The number of carboxylic acids is 3. The largest absolute Gasteiger partial charge is 0.481 e. The molecule has 0 aliphatic carbocycles. The number of rotatable bonds is 17. The number of carboxylic acid groups (broad SMARTS) is 3. The van der Waals surface area contributed by atoms with Crippen molar-refractivity contribution in [3.05, 3.63) is 0 Å². The fraction of sp³-hybridized carbons (Fsp3) is 0.667. The third kappa shape index (κ3) is 12.6. The zero-order valence-electron chi connectivity index (χ0n) is 18.0. The van der Waals surface area contributed by atoms with Crippen molar-refractivity contribution in [1.82, 2.24) is 16.0 Å². The van der Waals surface area contributed by atoms with Crippen LogP contribution >= 0.6 is 11.8 Å². The highest BCUT2D eigenvalue weighted by Gasteiger charge is 2.30. The number of aliphatic hydroxyl groups excluding tert-OH is 1. The molecule has 0 radical (unpaired) electrons. The second kappa shape index (κ2) is 15.8. The molecule has 0 saturated heterocycles. The highest BCUT2D eigenvalue weighted by Crippen LogP contribution is 2.04. The summed E-state index contributed by atoms with van der Waals surface area (Å²) in [4.78, 5) is 70.0. The number of hydrogen-bond acceptors (Lipinski definition) is 9. The number of carbonyl (C=O) groups excluding carboxylic acids is 3. The first-order chi connectivity index (χ1) is 15.4. The molecule has 3 amide bonds. The quantitative estimate of drug-likeness (QED) is 0.103. The average molecular weight is 495 g/mol. The topological polar surface area (TPSA) is 245 Å². The van der Waals surface area contributed by atoms with Crippen LogP contribution < -0.4 is 21.7 Å². The zero-order chi connectivity index (χ0) is 25.6. The van der Waals surface area contributed by atoms with E-state index in [4.69, 9.17) is 15.9 Å². The van der Waals surface area contributed by atoms with Gasteiger partial charge >= 0.3 is 17.9 Å². The minimum atomic E-state index is -1.60. The van der Waals surface area contributed by atoms with Crippen LogP contribution in [0.1, 0.15) is 32.1 Å². The molecular weight excluding hydrogens is 464 g/mol. The van der Waals surface area contributed by atoms with E-state index in [9.17, 15) is 39.0 Å². The van der Waals surface area contributed by atoms with Crippen molar-refractivity contribution in [2.75, 3.05) is 18.6 Å². The van der Waals surface area contributed by atoms with Crippen LogP contribution in [0.5, 0.6) is 0 Å². The van der Waals surface area contributed by atoms with Gasteiger partial charge in [0.1, 0.15) is 18.1 Å². The lowest BCUT2D eigenvalue weighted by molar-refractivity contribution is -0.144. The van der Waals surface area contributed by atoms with Crippen LogP contribution in [-0.4, -0.2) is 98.8 Å². The van der Waals surface area contributed by atoms with E-state index in [0.29, 0.717) is 12.2 Å². The summed E-state index contributed by atoms with van der Waals surface area (Å²) in [6.07, 6.45) is 0.118. The van der Waals surface area contributed by atoms with Gasteiger partial charge < -0.3 is 42.1 Å². The first-order valence-corrected chi connectivity index (χ1v) is 11.2. The molecule has 0 aromatic heterocycles. The lowest BCUT2D eigenvalue weighted by Gasteiger charge is -2.24. The Morgan fingerprint density at radius 2 is 1.21 bits per heavy atom. The molecule has 15 heteroatoms. The van der Waals surface area contributed by atoms with Crippen LogP contribution in [0.4, 0.5) is 0 Å². The Kier molecular flexibility index (Phi) is 14.4. The molecule has 0 bridgehead atoms. The van der Waals surface area contributed by atoms with Gasteiger partial charge in [-0.05, 0) is 31.3 Å². The molecule has 9 N–H and O–H groups in total. The molecule has 0 spiro atoms. The molecule has 0 aromatic carbocycles. The van der Waals surface area contributed by atoms with Gasteiger partial charge in [0.25, 0.3) is 0 Å². The van der Waals surface area contributed by atoms with E-state index >= 15 is 0 Å². The molecule has 0 aliphatic heterocycles. The van der Waals surface area contributed by atoms with Gasteiger partial charge in [-0.3, -0.25) is 24.0 Å². The summed E-state index contributed by atoms with van der Waals surface area (Å²) in [6.45, 7) is -0.851. The van der Waals surface area contributed by atoms with Crippen molar-refractivity contribution >= 4 is 47.4 Å². The second-order valence-corrected chi connectivity index (χ2v) is 7.94. The maximum atomic E-state index is 12.5. The van der Waals surface area contributed by atoms with Gasteiger partial charge in [-0.1, -0.05) is 0 Å². The monoisotopic (exact) mass is 494 g/mol. The smallest absolute Gasteiger partial charge is 0.326 e. The van der Waals surface area contributed by atoms with E-state index in [0.717, 1.165) is 0 Å². The summed E-state index contributed by atoms with van der Waals surface area (Å²) in [6, 6.07) is -5.58. The van der Waals surface area contributed by atoms with Gasteiger partial charge in [-0.15, -0.1) is 0 Å². The molecule has 0 aromatic rings. The molecule has 33 heavy (non-hydrogen) atoms. The lowest BCUT2D eigenvalue weighted by Crippen LogP contribution is -2.58. The van der Waals surface area contributed by atoms with Crippen LogP contribution in [0.15, 0.2) is 0 Å². The molecule has 0 heterocycles. The third-order valence-corrected chi connectivity index (χ3v) is 4.97. The number of nitrogens with one attached hydrogen (secondary N) is 3. The minimum Gasteiger partial charge on any atom is -0.481 e. The first kappa shape index (κ1) is 30.1. The van der Waals surface area contributed by atoms with Crippen LogP contribution in [0.25, 0.3) is 0 Å². The third-order valence-electron chi connectivity index (χ3n) is 4.33. The summed E-state index contributed by atoms with van der Waals surface area (Å²) in [5.41, 5.74) is 5.70. The number of hydrogen-bond donors (Lipinski definition) is 8. The highest BCUT2D eigenvalue weighted by molar-refractivity contribution is 7.98. The fourth-order valence-corrected chi connectivity index (χ4v) is 2.94. The van der Waals surface area contributed by atoms with E-state index < -0.39 is 92.1 Å². The molecule has 188 valence electrons. The van der Waals surface area contributed by atoms with Gasteiger partial charge in [0, 0.05) is 12.8 Å². The van der Waals surface area contributed by atoms with Crippen LogP contribution in [0, 0.1) is 0 Å². The standard InChI is InChI=1S/C18H30N4O10S/c1-33-7-6-9(19)15(28)22-12(8-23)17(30)20-10(2-4-13(24)25)16(29)21-11(18(31)32)3-5-14(26)27/h9-12,23H,2-8,19H2,1H3,(H,20,30)(H,21,29)(H,22,28)(H,24,25)(H,26,27)(H,31,32). The summed E-state index contributed by atoms with van der Waals surface area (Å²) in [7, 11) is 0.